The van der Waals surface area contributed by atoms with Gasteiger partial charge in [-0.05, 0) is 48.7 Å². The topological polar surface area (TPSA) is 72.7 Å². The molecule has 4 rings (SSSR count). The number of anilines is 1. The van der Waals surface area contributed by atoms with E-state index >= 15 is 0 Å². The molecule has 0 radical (unpaired) electrons. The van der Waals surface area contributed by atoms with Crippen molar-refractivity contribution in [1.29, 1.82) is 0 Å². The number of aromatic nitrogens is 2. The zero-order valence-corrected chi connectivity index (χ0v) is 18.0. The summed E-state index contributed by atoms with van der Waals surface area (Å²) >= 11 is 0. The second kappa shape index (κ2) is 11.2. The van der Waals surface area contributed by atoms with Gasteiger partial charge in [-0.1, -0.05) is 12.1 Å². The minimum Gasteiger partial charge on any atom is -0.490 e. The molecule has 2 N–H and O–H groups in total. The largest absolute Gasteiger partial charge is 0.490 e. The maximum Gasteiger partial charge on any atom is 0.195 e. The van der Waals surface area contributed by atoms with Crippen LogP contribution < -0.4 is 20.1 Å². The van der Waals surface area contributed by atoms with Crippen LogP contribution >= 0.6 is 0 Å². The lowest BCUT2D eigenvalue weighted by Crippen LogP contribution is -2.32. The fourth-order valence-electron chi connectivity index (χ4n) is 3.39. The standard InChI is InChI=1S/C24H28FN5O2/c25-20-6-1-5-19(17-20)9-12-27-24(26-10-2-13-30-14-3-11-28-30)29-21-7-8-22-23(18-21)32-16-4-15-31-22/h1,3,5-8,11,14,17-18H,2,4,9-10,12-13,15-16H2,(H2,26,27,29). The molecule has 32 heavy (non-hydrogen) atoms. The molecular formula is C24H28FN5O2. The Morgan fingerprint density at radius 1 is 1.09 bits per heavy atom. The summed E-state index contributed by atoms with van der Waals surface area (Å²) < 4.78 is 26.8. The summed E-state index contributed by atoms with van der Waals surface area (Å²) in [6.45, 7) is 3.36. The van der Waals surface area contributed by atoms with Gasteiger partial charge in [-0.3, -0.25) is 9.67 Å². The molecule has 0 saturated heterocycles. The van der Waals surface area contributed by atoms with Crippen molar-refractivity contribution in [3.05, 3.63) is 72.3 Å². The highest BCUT2D eigenvalue weighted by Crippen LogP contribution is 2.32. The van der Waals surface area contributed by atoms with Gasteiger partial charge in [0.1, 0.15) is 5.82 Å². The molecule has 168 valence electrons. The summed E-state index contributed by atoms with van der Waals surface area (Å²) in [5.74, 6) is 1.92. The highest BCUT2D eigenvalue weighted by Gasteiger charge is 2.11. The molecular weight excluding hydrogens is 409 g/mol. The Kier molecular flexibility index (Phi) is 7.57. The van der Waals surface area contributed by atoms with Crippen LogP contribution in [0.15, 0.2) is 65.9 Å². The minimum atomic E-state index is -0.222. The van der Waals surface area contributed by atoms with Crippen molar-refractivity contribution in [2.24, 2.45) is 4.99 Å². The second-order valence-corrected chi connectivity index (χ2v) is 7.50. The molecule has 0 unspecified atom stereocenters. The maximum atomic E-state index is 13.4. The molecule has 1 aromatic heterocycles. The zero-order valence-electron chi connectivity index (χ0n) is 18.0. The Hall–Kier alpha value is -3.55. The van der Waals surface area contributed by atoms with E-state index in [-0.39, 0.29) is 5.82 Å². The van der Waals surface area contributed by atoms with E-state index in [1.807, 2.05) is 41.2 Å². The average Bonchev–Trinajstić information content (AvgIpc) is 3.20. The lowest BCUT2D eigenvalue weighted by atomic mass is 10.1. The monoisotopic (exact) mass is 437 g/mol. The molecule has 1 aliphatic rings. The van der Waals surface area contributed by atoms with Crippen molar-refractivity contribution in [2.75, 3.05) is 31.6 Å². The predicted molar refractivity (Wildman–Crippen MR) is 123 cm³/mol. The number of nitrogens with zero attached hydrogens (tertiary/aromatic N) is 3. The minimum absolute atomic E-state index is 0.222. The van der Waals surface area contributed by atoms with Gasteiger partial charge in [0, 0.05) is 50.2 Å². The third kappa shape index (κ3) is 6.47. The number of guanidine groups is 1. The Labute approximate surface area is 187 Å². The van der Waals surface area contributed by atoms with Crippen LogP contribution in [0.5, 0.6) is 11.5 Å². The van der Waals surface area contributed by atoms with E-state index in [0.29, 0.717) is 38.7 Å². The molecule has 0 aliphatic carbocycles. The summed E-state index contributed by atoms with van der Waals surface area (Å²) in [5.41, 5.74) is 1.80. The molecule has 0 fully saturated rings. The molecule has 0 bridgehead atoms. The lowest BCUT2D eigenvalue weighted by Gasteiger charge is -2.15. The van der Waals surface area contributed by atoms with Gasteiger partial charge >= 0.3 is 0 Å². The van der Waals surface area contributed by atoms with Gasteiger partial charge in [0.25, 0.3) is 0 Å². The summed E-state index contributed by atoms with van der Waals surface area (Å²) in [5, 5.41) is 10.9. The molecule has 7 nitrogen and oxygen atoms in total. The van der Waals surface area contributed by atoms with Crippen LogP contribution in [0.1, 0.15) is 18.4 Å². The van der Waals surface area contributed by atoms with Crippen LogP contribution in [0.25, 0.3) is 0 Å². The summed E-state index contributed by atoms with van der Waals surface area (Å²) in [6.07, 6.45) is 6.13. The van der Waals surface area contributed by atoms with Crippen molar-refractivity contribution in [3.8, 4) is 11.5 Å². The van der Waals surface area contributed by atoms with Gasteiger partial charge in [-0.2, -0.15) is 5.10 Å². The second-order valence-electron chi connectivity index (χ2n) is 7.50. The smallest absolute Gasteiger partial charge is 0.195 e. The molecule has 8 heteroatoms. The van der Waals surface area contributed by atoms with Crippen LogP contribution in [-0.4, -0.2) is 42.0 Å². The SMILES string of the molecule is Fc1cccc(CCNC(=NCCCn2cccn2)Nc2ccc3c(c2)OCCCO3)c1. The van der Waals surface area contributed by atoms with Crippen LogP contribution in [0.4, 0.5) is 10.1 Å². The first kappa shape index (κ1) is 21.7. The van der Waals surface area contributed by atoms with Gasteiger partial charge in [0.2, 0.25) is 0 Å². The zero-order chi connectivity index (χ0) is 22.0. The van der Waals surface area contributed by atoms with E-state index in [1.165, 1.54) is 6.07 Å². The molecule has 1 aliphatic heterocycles. The molecule has 0 atom stereocenters. The first-order chi connectivity index (χ1) is 15.8. The van der Waals surface area contributed by atoms with Crippen molar-refractivity contribution in [1.82, 2.24) is 15.1 Å². The Morgan fingerprint density at radius 2 is 2.00 bits per heavy atom. The molecule has 0 spiro atoms. The number of fused-ring (bicyclic) bond motifs is 1. The molecule has 0 amide bonds. The fourth-order valence-corrected chi connectivity index (χ4v) is 3.39. The number of aliphatic imine (C=N–C) groups is 1. The van der Waals surface area contributed by atoms with Crippen molar-refractivity contribution < 1.29 is 13.9 Å². The van der Waals surface area contributed by atoms with Gasteiger partial charge < -0.3 is 20.1 Å². The van der Waals surface area contributed by atoms with E-state index in [1.54, 1.807) is 18.3 Å². The highest BCUT2D eigenvalue weighted by molar-refractivity contribution is 5.94. The summed E-state index contributed by atoms with van der Waals surface area (Å²) in [7, 11) is 0. The summed E-state index contributed by atoms with van der Waals surface area (Å²) in [4.78, 5) is 4.70. The van der Waals surface area contributed by atoms with Crippen molar-refractivity contribution in [2.45, 2.75) is 25.8 Å². The van der Waals surface area contributed by atoms with Gasteiger partial charge in [0.05, 0.1) is 13.2 Å². The number of aryl methyl sites for hydroxylation is 1. The van der Waals surface area contributed by atoms with Crippen LogP contribution in [0, 0.1) is 5.82 Å². The number of halogens is 1. The lowest BCUT2D eigenvalue weighted by molar-refractivity contribution is 0.297. The van der Waals surface area contributed by atoms with Crippen molar-refractivity contribution in [3.63, 3.8) is 0 Å². The number of rotatable bonds is 8. The van der Waals surface area contributed by atoms with E-state index in [4.69, 9.17) is 14.5 Å². The van der Waals surface area contributed by atoms with Gasteiger partial charge in [0.15, 0.2) is 17.5 Å². The number of hydrogen-bond acceptors (Lipinski definition) is 4. The maximum absolute atomic E-state index is 13.4. The third-order valence-electron chi connectivity index (χ3n) is 4.98. The van der Waals surface area contributed by atoms with E-state index in [9.17, 15) is 4.39 Å². The number of nitrogens with one attached hydrogen (secondary N) is 2. The quantitative estimate of drug-likeness (QED) is 0.318. The van der Waals surface area contributed by atoms with Crippen LogP contribution in [0.2, 0.25) is 0 Å². The number of hydrogen-bond donors (Lipinski definition) is 2. The summed E-state index contributed by atoms with van der Waals surface area (Å²) in [6, 6.07) is 14.3. The molecule has 0 saturated carbocycles. The molecule has 3 aromatic rings. The van der Waals surface area contributed by atoms with Gasteiger partial charge in [-0.25, -0.2) is 4.39 Å². The Morgan fingerprint density at radius 3 is 2.84 bits per heavy atom. The number of ether oxygens (including phenoxy) is 2. The fraction of sp³-hybridized carbons (Fsp3) is 0.333. The van der Waals surface area contributed by atoms with Crippen LogP contribution in [-0.2, 0) is 13.0 Å². The van der Waals surface area contributed by atoms with E-state index < -0.39 is 0 Å². The Balaban J connectivity index is 1.38. The van der Waals surface area contributed by atoms with Gasteiger partial charge in [-0.15, -0.1) is 0 Å². The first-order valence-electron chi connectivity index (χ1n) is 10.9. The average molecular weight is 438 g/mol. The van der Waals surface area contributed by atoms with Crippen LogP contribution in [0.3, 0.4) is 0 Å². The number of benzene rings is 2. The first-order valence-corrected chi connectivity index (χ1v) is 10.9. The predicted octanol–water partition coefficient (Wildman–Crippen LogP) is 3.87. The third-order valence-corrected chi connectivity index (χ3v) is 4.98. The Bertz CT molecular complexity index is 1020. The normalized spacial score (nSPS) is 13.5. The van der Waals surface area contributed by atoms with E-state index in [0.717, 1.165) is 42.1 Å². The van der Waals surface area contributed by atoms with E-state index in [2.05, 4.69) is 15.7 Å². The molecule has 2 heterocycles. The molecule has 2 aromatic carbocycles. The highest BCUT2D eigenvalue weighted by atomic mass is 19.1. The van der Waals surface area contributed by atoms with Crippen molar-refractivity contribution >= 4 is 11.6 Å².